The molecule has 0 aromatic carbocycles. The number of amides is 1. The fourth-order valence-electron chi connectivity index (χ4n) is 0.646. The second-order valence-corrected chi connectivity index (χ2v) is 2.62. The molecule has 0 aliphatic rings. The molecule has 66 valence electrons. The molecule has 0 aliphatic heterocycles. The normalized spacial score (nSPS) is 10.7. The summed E-state index contributed by atoms with van der Waals surface area (Å²) in [6, 6.07) is 0. The molecule has 0 rings (SSSR count). The molecule has 12 heavy (non-hydrogen) atoms. The molecule has 0 unspecified atom stereocenters. The molecule has 0 spiro atoms. The quantitative estimate of drug-likeness (QED) is 0.481. The van der Waals surface area contributed by atoms with E-state index in [9.17, 15) is 4.79 Å². The Morgan fingerprint density at radius 1 is 1.33 bits per heavy atom. The topological polar surface area (TPSA) is 69.1 Å². The van der Waals surface area contributed by atoms with Gasteiger partial charge in [-0.15, -0.1) is 0 Å². The number of allylic oxidation sites excluding steroid dienone is 4. The first-order valence-corrected chi connectivity index (χ1v) is 3.56. The molecule has 0 saturated carbocycles. The summed E-state index contributed by atoms with van der Waals surface area (Å²) in [5.74, 6) is -0.615. The highest BCUT2D eigenvalue weighted by Gasteiger charge is 1.98. The minimum atomic E-state index is -0.615. The maximum absolute atomic E-state index is 10.5. The van der Waals surface area contributed by atoms with E-state index in [1.807, 2.05) is 13.8 Å². The Morgan fingerprint density at radius 3 is 2.08 bits per heavy atom. The van der Waals surface area contributed by atoms with E-state index >= 15 is 0 Å². The molecule has 0 atom stereocenters. The van der Waals surface area contributed by atoms with E-state index in [1.165, 1.54) is 6.08 Å². The standard InChI is InChI=1S/C9H14N2O/c1-4-7(6(2)3)5-8(10)9(11)12/h4-5H,1,10H2,2-3H3,(H2,11,12)/b8-5-. The molecule has 3 nitrogen and oxygen atoms in total. The lowest BCUT2D eigenvalue weighted by Crippen LogP contribution is -2.20. The summed E-state index contributed by atoms with van der Waals surface area (Å²) in [6.07, 6.45) is 3.15. The van der Waals surface area contributed by atoms with Crippen molar-refractivity contribution in [2.45, 2.75) is 13.8 Å². The predicted octanol–water partition coefficient (Wildman–Crippen LogP) is 0.837. The second-order valence-electron chi connectivity index (χ2n) is 2.62. The van der Waals surface area contributed by atoms with Crippen LogP contribution in [0.1, 0.15) is 13.8 Å². The molecular weight excluding hydrogens is 152 g/mol. The van der Waals surface area contributed by atoms with Gasteiger partial charge in [-0.1, -0.05) is 18.2 Å². The van der Waals surface area contributed by atoms with Crippen LogP contribution in [0.25, 0.3) is 0 Å². The maximum atomic E-state index is 10.5. The second kappa shape index (κ2) is 4.38. The van der Waals surface area contributed by atoms with E-state index in [0.29, 0.717) is 0 Å². The van der Waals surface area contributed by atoms with Gasteiger partial charge in [-0.25, -0.2) is 0 Å². The lowest BCUT2D eigenvalue weighted by molar-refractivity contribution is -0.114. The third kappa shape index (κ3) is 3.05. The van der Waals surface area contributed by atoms with Crippen LogP contribution in [0.15, 0.2) is 35.6 Å². The summed E-state index contributed by atoms with van der Waals surface area (Å²) >= 11 is 0. The number of primary amides is 1. The molecule has 0 aliphatic carbocycles. The Bertz CT molecular complexity index is 258. The minimum absolute atomic E-state index is 0.0473. The Kier molecular flexibility index (Phi) is 3.83. The van der Waals surface area contributed by atoms with Gasteiger partial charge in [0.05, 0.1) is 5.70 Å². The van der Waals surface area contributed by atoms with Crippen molar-refractivity contribution in [1.29, 1.82) is 0 Å². The Labute approximate surface area is 72.4 Å². The van der Waals surface area contributed by atoms with Gasteiger partial charge in [-0.3, -0.25) is 4.79 Å². The molecule has 0 saturated heterocycles. The fraction of sp³-hybridized carbons (Fsp3) is 0.222. The Morgan fingerprint density at radius 2 is 1.83 bits per heavy atom. The fourth-order valence-corrected chi connectivity index (χ4v) is 0.646. The van der Waals surface area contributed by atoms with E-state index in [1.54, 1.807) is 6.08 Å². The highest BCUT2D eigenvalue weighted by Crippen LogP contribution is 2.06. The number of nitrogens with two attached hydrogens (primary N) is 2. The van der Waals surface area contributed by atoms with Crippen molar-refractivity contribution in [2.24, 2.45) is 11.5 Å². The van der Waals surface area contributed by atoms with Gasteiger partial charge in [-0.05, 0) is 25.5 Å². The maximum Gasteiger partial charge on any atom is 0.264 e. The molecule has 4 N–H and O–H groups in total. The lowest BCUT2D eigenvalue weighted by atomic mass is 10.1. The highest BCUT2D eigenvalue weighted by molar-refractivity contribution is 5.91. The summed E-state index contributed by atoms with van der Waals surface area (Å²) in [7, 11) is 0. The third-order valence-corrected chi connectivity index (χ3v) is 1.39. The van der Waals surface area contributed by atoms with Gasteiger partial charge in [-0.2, -0.15) is 0 Å². The van der Waals surface area contributed by atoms with Gasteiger partial charge in [0.15, 0.2) is 0 Å². The predicted molar refractivity (Wildman–Crippen MR) is 50.0 cm³/mol. The van der Waals surface area contributed by atoms with E-state index in [4.69, 9.17) is 11.5 Å². The van der Waals surface area contributed by atoms with Crippen LogP contribution in [0, 0.1) is 0 Å². The van der Waals surface area contributed by atoms with Crippen LogP contribution >= 0.6 is 0 Å². The number of hydrogen-bond acceptors (Lipinski definition) is 2. The van der Waals surface area contributed by atoms with Gasteiger partial charge < -0.3 is 11.5 Å². The van der Waals surface area contributed by atoms with Gasteiger partial charge in [0.2, 0.25) is 0 Å². The molecule has 1 amide bonds. The molecule has 0 radical (unpaired) electrons. The number of hydrogen-bond donors (Lipinski definition) is 2. The molecule has 0 aromatic rings. The van der Waals surface area contributed by atoms with Gasteiger partial charge in [0.1, 0.15) is 0 Å². The van der Waals surface area contributed by atoms with Gasteiger partial charge >= 0.3 is 0 Å². The molecule has 0 fully saturated rings. The summed E-state index contributed by atoms with van der Waals surface area (Å²) in [6.45, 7) is 7.39. The molecular formula is C9H14N2O. The van der Waals surface area contributed by atoms with Crippen molar-refractivity contribution in [3.63, 3.8) is 0 Å². The van der Waals surface area contributed by atoms with Crippen molar-refractivity contribution in [1.82, 2.24) is 0 Å². The summed E-state index contributed by atoms with van der Waals surface area (Å²) in [5, 5.41) is 0. The SMILES string of the molecule is C=CC(/C=C(\N)C(N)=O)=C(C)C. The van der Waals surface area contributed by atoms with E-state index < -0.39 is 5.91 Å². The number of carbonyl (C=O) groups excluding carboxylic acids is 1. The van der Waals surface area contributed by atoms with Crippen molar-refractivity contribution in [2.75, 3.05) is 0 Å². The zero-order valence-corrected chi connectivity index (χ0v) is 7.42. The van der Waals surface area contributed by atoms with E-state index in [-0.39, 0.29) is 5.70 Å². The van der Waals surface area contributed by atoms with Crippen LogP contribution < -0.4 is 11.5 Å². The van der Waals surface area contributed by atoms with Crippen molar-refractivity contribution in [3.8, 4) is 0 Å². The van der Waals surface area contributed by atoms with Crippen LogP contribution in [-0.2, 0) is 4.79 Å². The molecule has 0 bridgehead atoms. The van der Waals surface area contributed by atoms with Crippen LogP contribution in [0.5, 0.6) is 0 Å². The van der Waals surface area contributed by atoms with Crippen LogP contribution in [0.3, 0.4) is 0 Å². The lowest BCUT2D eigenvalue weighted by Gasteiger charge is -1.99. The smallest absolute Gasteiger partial charge is 0.264 e. The summed E-state index contributed by atoms with van der Waals surface area (Å²) < 4.78 is 0. The average molecular weight is 166 g/mol. The van der Waals surface area contributed by atoms with Crippen molar-refractivity contribution >= 4 is 5.91 Å². The first-order valence-electron chi connectivity index (χ1n) is 3.56. The van der Waals surface area contributed by atoms with Crippen LogP contribution in [0.2, 0.25) is 0 Å². The summed E-state index contributed by atoms with van der Waals surface area (Å²) in [4.78, 5) is 10.5. The van der Waals surface area contributed by atoms with Crippen molar-refractivity contribution in [3.05, 3.63) is 35.6 Å². The monoisotopic (exact) mass is 166 g/mol. The molecule has 0 aromatic heterocycles. The van der Waals surface area contributed by atoms with Crippen molar-refractivity contribution < 1.29 is 4.79 Å². The van der Waals surface area contributed by atoms with E-state index in [2.05, 4.69) is 6.58 Å². The van der Waals surface area contributed by atoms with E-state index in [0.717, 1.165) is 11.1 Å². The number of rotatable bonds is 3. The zero-order valence-electron chi connectivity index (χ0n) is 7.42. The molecule has 0 heterocycles. The third-order valence-electron chi connectivity index (χ3n) is 1.39. The largest absolute Gasteiger partial charge is 0.394 e. The van der Waals surface area contributed by atoms with Gasteiger partial charge in [0, 0.05) is 0 Å². The highest BCUT2D eigenvalue weighted by atomic mass is 16.1. The van der Waals surface area contributed by atoms with Crippen LogP contribution in [0.4, 0.5) is 0 Å². The summed E-state index contributed by atoms with van der Waals surface area (Å²) in [5.41, 5.74) is 12.2. The Balaban J connectivity index is 4.84. The first kappa shape index (κ1) is 10.5. The number of carbonyl (C=O) groups is 1. The van der Waals surface area contributed by atoms with Gasteiger partial charge in [0.25, 0.3) is 5.91 Å². The molecule has 3 heteroatoms. The first-order chi connectivity index (χ1) is 5.49. The van der Waals surface area contributed by atoms with Crippen LogP contribution in [-0.4, -0.2) is 5.91 Å². The Hall–Kier alpha value is -1.51. The minimum Gasteiger partial charge on any atom is -0.394 e. The zero-order chi connectivity index (χ0) is 9.72. The average Bonchev–Trinajstić information content (AvgIpc) is 1.98.